The second-order valence-corrected chi connectivity index (χ2v) is 7.13. The number of nitrogens with zero attached hydrogens (tertiary/aromatic N) is 1. The van der Waals surface area contributed by atoms with Crippen molar-refractivity contribution in [2.24, 2.45) is 11.7 Å². The highest BCUT2D eigenvalue weighted by molar-refractivity contribution is 9.10. The maximum absolute atomic E-state index is 6.30. The summed E-state index contributed by atoms with van der Waals surface area (Å²) in [6.07, 6.45) is 8.16. The van der Waals surface area contributed by atoms with Crippen molar-refractivity contribution in [3.8, 4) is 0 Å². The van der Waals surface area contributed by atoms with Gasteiger partial charge >= 0.3 is 0 Å². The van der Waals surface area contributed by atoms with Crippen LogP contribution in [0.2, 0.25) is 0 Å². The van der Waals surface area contributed by atoms with Crippen LogP contribution in [-0.4, -0.2) is 25.0 Å². The molecular weight excluding hydrogens is 312 g/mol. The van der Waals surface area contributed by atoms with E-state index in [0.29, 0.717) is 0 Å². The molecule has 112 valence electrons. The number of nitrogens with two attached hydrogens (primary N) is 1. The van der Waals surface area contributed by atoms with Crippen molar-refractivity contribution in [1.82, 2.24) is 4.90 Å². The summed E-state index contributed by atoms with van der Waals surface area (Å²) in [5.74, 6) is 0.913. The van der Waals surface area contributed by atoms with E-state index >= 15 is 0 Å². The molecule has 1 atom stereocenters. The van der Waals surface area contributed by atoms with E-state index in [0.717, 1.165) is 23.4 Å². The first-order valence-electron chi connectivity index (χ1n) is 7.85. The van der Waals surface area contributed by atoms with Gasteiger partial charge in [-0.1, -0.05) is 47.3 Å². The second-order valence-electron chi connectivity index (χ2n) is 6.22. The van der Waals surface area contributed by atoms with Crippen molar-refractivity contribution in [2.45, 2.75) is 44.6 Å². The Bertz CT molecular complexity index is 402. The molecule has 0 spiro atoms. The fraction of sp³-hybridized carbons (Fsp3) is 0.647. The molecule has 1 unspecified atom stereocenters. The van der Waals surface area contributed by atoms with Gasteiger partial charge in [-0.05, 0) is 56.5 Å². The van der Waals surface area contributed by atoms with E-state index < -0.39 is 0 Å². The van der Waals surface area contributed by atoms with Crippen molar-refractivity contribution in [2.75, 3.05) is 20.1 Å². The van der Waals surface area contributed by atoms with Gasteiger partial charge in [-0.15, -0.1) is 0 Å². The summed E-state index contributed by atoms with van der Waals surface area (Å²) < 4.78 is 1.11. The maximum Gasteiger partial charge on any atom is 0.0307 e. The number of hydrogen-bond donors (Lipinski definition) is 1. The first kappa shape index (κ1) is 16.0. The summed E-state index contributed by atoms with van der Waals surface area (Å²) in [5, 5.41) is 0. The minimum Gasteiger partial charge on any atom is -0.324 e. The Morgan fingerprint density at radius 1 is 1.30 bits per heavy atom. The van der Waals surface area contributed by atoms with Crippen LogP contribution >= 0.6 is 15.9 Å². The van der Waals surface area contributed by atoms with Crippen LogP contribution in [0, 0.1) is 5.92 Å². The zero-order chi connectivity index (χ0) is 14.4. The van der Waals surface area contributed by atoms with Crippen LogP contribution in [0.4, 0.5) is 0 Å². The second kappa shape index (κ2) is 8.16. The quantitative estimate of drug-likeness (QED) is 0.835. The number of hydrogen-bond acceptors (Lipinski definition) is 2. The van der Waals surface area contributed by atoms with Crippen molar-refractivity contribution >= 4 is 15.9 Å². The summed E-state index contributed by atoms with van der Waals surface area (Å²) >= 11 is 3.51. The van der Waals surface area contributed by atoms with E-state index in [9.17, 15) is 0 Å². The molecule has 2 N–H and O–H groups in total. The van der Waals surface area contributed by atoms with Crippen molar-refractivity contribution < 1.29 is 0 Å². The molecule has 1 aromatic rings. The number of halogens is 1. The van der Waals surface area contributed by atoms with Gasteiger partial charge < -0.3 is 10.6 Å². The Morgan fingerprint density at radius 3 is 2.75 bits per heavy atom. The predicted octanol–water partition coefficient (Wildman–Crippen LogP) is 4.35. The third-order valence-corrected chi connectivity index (χ3v) is 4.89. The predicted molar refractivity (Wildman–Crippen MR) is 89.8 cm³/mol. The average molecular weight is 339 g/mol. The molecule has 2 rings (SSSR count). The summed E-state index contributed by atoms with van der Waals surface area (Å²) in [7, 11) is 2.24. The van der Waals surface area contributed by atoms with Gasteiger partial charge in [0.05, 0.1) is 0 Å². The van der Waals surface area contributed by atoms with E-state index in [1.54, 1.807) is 0 Å². The minimum atomic E-state index is 0.140. The molecule has 0 aromatic heterocycles. The van der Waals surface area contributed by atoms with E-state index in [-0.39, 0.29) is 6.04 Å². The van der Waals surface area contributed by atoms with E-state index in [4.69, 9.17) is 5.73 Å². The Balaban J connectivity index is 1.73. The van der Waals surface area contributed by atoms with Crippen LogP contribution in [0.5, 0.6) is 0 Å². The smallest absolute Gasteiger partial charge is 0.0307 e. The lowest BCUT2D eigenvalue weighted by molar-refractivity contribution is 0.228. The molecule has 20 heavy (non-hydrogen) atoms. The van der Waals surface area contributed by atoms with Gasteiger partial charge in [0.2, 0.25) is 0 Å². The highest BCUT2D eigenvalue weighted by atomic mass is 79.9. The number of rotatable bonds is 6. The standard InChI is InChI=1S/C17H27BrN2/c1-20(13-14-6-3-2-4-7-14)11-10-17(19)15-8-5-9-16(18)12-15/h5,8-9,12,14,17H,2-4,6-7,10-11,13,19H2,1H3. The largest absolute Gasteiger partial charge is 0.324 e. The SMILES string of the molecule is CN(CCC(N)c1cccc(Br)c1)CC1CCCCC1. The van der Waals surface area contributed by atoms with Gasteiger partial charge in [0.1, 0.15) is 0 Å². The molecule has 1 aliphatic rings. The van der Waals surface area contributed by atoms with Gasteiger partial charge in [0, 0.05) is 17.1 Å². The van der Waals surface area contributed by atoms with Crippen LogP contribution in [0.3, 0.4) is 0 Å². The Morgan fingerprint density at radius 2 is 2.05 bits per heavy atom. The zero-order valence-corrected chi connectivity index (χ0v) is 14.1. The summed E-state index contributed by atoms with van der Waals surface area (Å²) in [6, 6.07) is 8.50. The molecule has 1 aliphatic carbocycles. The van der Waals surface area contributed by atoms with E-state index in [1.807, 2.05) is 6.07 Å². The van der Waals surface area contributed by atoms with Gasteiger partial charge in [0.15, 0.2) is 0 Å². The third-order valence-electron chi connectivity index (χ3n) is 4.39. The average Bonchev–Trinajstić information content (AvgIpc) is 2.46. The van der Waals surface area contributed by atoms with Gasteiger partial charge in [-0.25, -0.2) is 0 Å². The molecule has 0 amide bonds. The first-order valence-corrected chi connectivity index (χ1v) is 8.64. The lowest BCUT2D eigenvalue weighted by Gasteiger charge is -2.27. The molecule has 0 radical (unpaired) electrons. The molecule has 3 heteroatoms. The third kappa shape index (κ3) is 5.19. The zero-order valence-electron chi connectivity index (χ0n) is 12.5. The molecule has 1 saturated carbocycles. The van der Waals surface area contributed by atoms with Gasteiger partial charge in [0.25, 0.3) is 0 Å². The first-order chi connectivity index (χ1) is 9.65. The summed E-state index contributed by atoms with van der Waals surface area (Å²) in [5.41, 5.74) is 7.53. The van der Waals surface area contributed by atoms with Crippen LogP contribution in [0.15, 0.2) is 28.7 Å². The molecule has 1 aromatic carbocycles. The van der Waals surface area contributed by atoms with Crippen LogP contribution in [0.1, 0.15) is 50.1 Å². The van der Waals surface area contributed by atoms with Crippen molar-refractivity contribution in [3.05, 3.63) is 34.3 Å². The highest BCUT2D eigenvalue weighted by Gasteiger charge is 2.16. The monoisotopic (exact) mass is 338 g/mol. The molecular formula is C17H27BrN2. The van der Waals surface area contributed by atoms with E-state index in [2.05, 4.69) is 46.1 Å². The normalized spacial score (nSPS) is 18.4. The van der Waals surface area contributed by atoms with Crippen LogP contribution in [0.25, 0.3) is 0 Å². The fourth-order valence-electron chi connectivity index (χ4n) is 3.17. The minimum absolute atomic E-state index is 0.140. The molecule has 2 nitrogen and oxygen atoms in total. The number of benzene rings is 1. The fourth-order valence-corrected chi connectivity index (χ4v) is 3.58. The van der Waals surface area contributed by atoms with Gasteiger partial charge in [-0.2, -0.15) is 0 Å². The molecule has 0 heterocycles. The van der Waals surface area contributed by atoms with Crippen molar-refractivity contribution in [3.63, 3.8) is 0 Å². The Hall–Kier alpha value is -0.380. The van der Waals surface area contributed by atoms with Gasteiger partial charge in [-0.3, -0.25) is 0 Å². The molecule has 0 aliphatic heterocycles. The maximum atomic E-state index is 6.30. The lowest BCUT2D eigenvalue weighted by atomic mass is 9.89. The van der Waals surface area contributed by atoms with Crippen molar-refractivity contribution in [1.29, 1.82) is 0 Å². The Kier molecular flexibility index (Phi) is 6.53. The van der Waals surface area contributed by atoms with Crippen LogP contribution in [-0.2, 0) is 0 Å². The highest BCUT2D eigenvalue weighted by Crippen LogP contribution is 2.24. The summed E-state index contributed by atoms with van der Waals surface area (Å²) in [6.45, 7) is 2.33. The van der Waals surface area contributed by atoms with Crippen LogP contribution < -0.4 is 5.73 Å². The Labute approximate surface area is 131 Å². The topological polar surface area (TPSA) is 29.3 Å². The molecule has 1 fully saturated rings. The lowest BCUT2D eigenvalue weighted by Crippen LogP contribution is -2.29. The van der Waals surface area contributed by atoms with E-state index in [1.165, 1.54) is 44.2 Å². The molecule has 0 bridgehead atoms. The molecule has 0 saturated heterocycles. The summed E-state index contributed by atoms with van der Waals surface area (Å²) in [4.78, 5) is 2.47.